The van der Waals surface area contributed by atoms with Crippen molar-refractivity contribution in [2.45, 2.75) is 12.8 Å². The molecule has 136 valence electrons. The van der Waals surface area contributed by atoms with Crippen LogP contribution in [0.25, 0.3) is 0 Å². The molecular formula is C19H20BrN3O2S. The zero-order valence-electron chi connectivity index (χ0n) is 14.4. The number of amides is 1. The first kappa shape index (κ1) is 18.7. The van der Waals surface area contributed by atoms with Crippen LogP contribution in [0.2, 0.25) is 0 Å². The van der Waals surface area contributed by atoms with Gasteiger partial charge in [0.1, 0.15) is 5.75 Å². The molecule has 1 fully saturated rings. The van der Waals surface area contributed by atoms with Crippen LogP contribution in [0.5, 0.6) is 5.75 Å². The highest BCUT2D eigenvalue weighted by atomic mass is 79.9. The zero-order valence-corrected chi connectivity index (χ0v) is 16.8. The maximum absolute atomic E-state index is 12.3. The lowest BCUT2D eigenvalue weighted by Gasteiger charge is -2.18. The first-order valence-electron chi connectivity index (χ1n) is 8.38. The molecule has 0 bridgehead atoms. The Morgan fingerprint density at radius 2 is 1.85 bits per heavy atom. The molecule has 3 rings (SSSR count). The van der Waals surface area contributed by atoms with Crippen LogP contribution < -0.4 is 20.3 Å². The molecule has 1 saturated heterocycles. The molecule has 0 spiro atoms. The van der Waals surface area contributed by atoms with Gasteiger partial charge in [-0.15, -0.1) is 0 Å². The highest BCUT2D eigenvalue weighted by molar-refractivity contribution is 9.10. The minimum Gasteiger partial charge on any atom is -0.496 e. The molecule has 7 heteroatoms. The van der Waals surface area contributed by atoms with Crippen molar-refractivity contribution in [2.24, 2.45) is 0 Å². The van der Waals surface area contributed by atoms with E-state index in [0.29, 0.717) is 15.8 Å². The number of halogens is 1. The van der Waals surface area contributed by atoms with Gasteiger partial charge in [0.2, 0.25) is 0 Å². The largest absolute Gasteiger partial charge is 0.496 e. The number of rotatable bonds is 4. The van der Waals surface area contributed by atoms with Crippen molar-refractivity contribution >= 4 is 50.5 Å². The third-order valence-electron chi connectivity index (χ3n) is 4.24. The van der Waals surface area contributed by atoms with E-state index in [1.165, 1.54) is 18.5 Å². The number of nitrogens with zero attached hydrogens (tertiary/aromatic N) is 1. The van der Waals surface area contributed by atoms with E-state index < -0.39 is 0 Å². The van der Waals surface area contributed by atoms with E-state index in [1.807, 2.05) is 12.1 Å². The molecule has 1 amide bonds. The second kappa shape index (κ2) is 8.51. The van der Waals surface area contributed by atoms with Gasteiger partial charge in [0.05, 0.1) is 11.6 Å². The van der Waals surface area contributed by atoms with Crippen LogP contribution >= 0.6 is 28.1 Å². The summed E-state index contributed by atoms with van der Waals surface area (Å²) in [5.41, 5.74) is 2.55. The number of methoxy groups -OCH3 is 1. The SMILES string of the molecule is COc1ccc(C(=O)NC(=S)Nc2ccc(N3CCCC3)cc2)cc1Br. The number of hydrogen-bond donors (Lipinski definition) is 2. The molecule has 2 N–H and O–H groups in total. The molecule has 5 nitrogen and oxygen atoms in total. The van der Waals surface area contributed by atoms with Gasteiger partial charge in [-0.25, -0.2) is 0 Å². The van der Waals surface area contributed by atoms with E-state index in [2.05, 4.69) is 43.6 Å². The normalized spacial score (nSPS) is 13.4. The maximum Gasteiger partial charge on any atom is 0.257 e. The summed E-state index contributed by atoms with van der Waals surface area (Å²) in [5, 5.41) is 5.99. The van der Waals surface area contributed by atoms with Crippen molar-refractivity contribution in [3.05, 3.63) is 52.5 Å². The van der Waals surface area contributed by atoms with Crippen molar-refractivity contribution in [3.8, 4) is 5.75 Å². The average Bonchev–Trinajstić information content (AvgIpc) is 3.16. The second-order valence-corrected chi connectivity index (χ2v) is 7.26. The van der Waals surface area contributed by atoms with Crippen LogP contribution in [-0.4, -0.2) is 31.2 Å². The molecule has 2 aromatic carbocycles. The number of nitrogens with one attached hydrogen (secondary N) is 2. The first-order chi connectivity index (χ1) is 12.6. The molecule has 26 heavy (non-hydrogen) atoms. The van der Waals surface area contributed by atoms with Gasteiger partial charge in [-0.3, -0.25) is 10.1 Å². The van der Waals surface area contributed by atoms with Crippen molar-refractivity contribution in [1.82, 2.24) is 5.32 Å². The number of carbonyl (C=O) groups is 1. The lowest BCUT2D eigenvalue weighted by Crippen LogP contribution is -2.34. The average molecular weight is 434 g/mol. The summed E-state index contributed by atoms with van der Waals surface area (Å²) in [4.78, 5) is 14.7. The fourth-order valence-corrected chi connectivity index (χ4v) is 3.63. The number of carbonyl (C=O) groups excluding carboxylic acids is 1. The summed E-state index contributed by atoms with van der Waals surface area (Å²) in [7, 11) is 1.58. The summed E-state index contributed by atoms with van der Waals surface area (Å²) in [6.07, 6.45) is 2.50. The maximum atomic E-state index is 12.3. The number of benzene rings is 2. The number of ether oxygens (including phenoxy) is 1. The lowest BCUT2D eigenvalue weighted by atomic mass is 10.2. The van der Waals surface area contributed by atoms with E-state index in [1.54, 1.807) is 25.3 Å². The van der Waals surface area contributed by atoms with Crippen LogP contribution in [-0.2, 0) is 0 Å². The van der Waals surface area contributed by atoms with E-state index in [-0.39, 0.29) is 11.0 Å². The van der Waals surface area contributed by atoms with Crippen LogP contribution in [0.3, 0.4) is 0 Å². The molecule has 0 atom stereocenters. The van der Waals surface area contributed by atoms with E-state index >= 15 is 0 Å². The molecule has 0 unspecified atom stereocenters. The molecule has 1 heterocycles. The van der Waals surface area contributed by atoms with Crippen LogP contribution in [0.15, 0.2) is 46.9 Å². The van der Waals surface area contributed by atoms with Crippen molar-refractivity contribution in [3.63, 3.8) is 0 Å². The Bertz CT molecular complexity index is 805. The third kappa shape index (κ3) is 4.53. The summed E-state index contributed by atoms with van der Waals surface area (Å²) < 4.78 is 5.88. The third-order valence-corrected chi connectivity index (χ3v) is 5.06. The van der Waals surface area contributed by atoms with Crippen LogP contribution in [0.1, 0.15) is 23.2 Å². The molecular weight excluding hydrogens is 414 g/mol. The highest BCUT2D eigenvalue weighted by Crippen LogP contribution is 2.25. The molecule has 0 radical (unpaired) electrons. The van der Waals surface area contributed by atoms with Gasteiger partial charge in [0.25, 0.3) is 5.91 Å². The lowest BCUT2D eigenvalue weighted by molar-refractivity contribution is 0.0977. The molecule has 1 aliphatic heterocycles. The van der Waals surface area contributed by atoms with E-state index in [4.69, 9.17) is 17.0 Å². The molecule has 0 aliphatic carbocycles. The predicted molar refractivity (Wildman–Crippen MR) is 112 cm³/mol. The Kier molecular flexibility index (Phi) is 6.11. The number of thiocarbonyl (C=S) groups is 1. The Morgan fingerprint density at radius 1 is 1.15 bits per heavy atom. The summed E-state index contributed by atoms with van der Waals surface area (Å²) in [5.74, 6) is 0.389. The number of anilines is 2. The van der Waals surface area contributed by atoms with Gasteiger partial charge >= 0.3 is 0 Å². The quantitative estimate of drug-likeness (QED) is 0.708. The van der Waals surface area contributed by atoms with E-state index in [9.17, 15) is 4.79 Å². The monoisotopic (exact) mass is 433 g/mol. The van der Waals surface area contributed by atoms with Crippen molar-refractivity contribution < 1.29 is 9.53 Å². The smallest absolute Gasteiger partial charge is 0.257 e. The van der Waals surface area contributed by atoms with Gasteiger partial charge < -0.3 is 15.0 Å². The second-order valence-electron chi connectivity index (χ2n) is 6.00. The fraction of sp³-hybridized carbons (Fsp3) is 0.263. The highest BCUT2D eigenvalue weighted by Gasteiger charge is 2.13. The van der Waals surface area contributed by atoms with Crippen LogP contribution in [0, 0.1) is 0 Å². The Balaban J connectivity index is 1.57. The van der Waals surface area contributed by atoms with Gasteiger partial charge in [0, 0.05) is 30.0 Å². The van der Waals surface area contributed by atoms with Crippen molar-refractivity contribution in [2.75, 3.05) is 30.4 Å². The Hall–Kier alpha value is -2.12. The van der Waals surface area contributed by atoms with E-state index in [0.717, 1.165) is 18.8 Å². The summed E-state index contributed by atoms with van der Waals surface area (Å²) in [6.45, 7) is 2.22. The van der Waals surface area contributed by atoms with Gasteiger partial charge in [-0.2, -0.15) is 0 Å². The minimum absolute atomic E-state index is 0.260. The summed E-state index contributed by atoms with van der Waals surface area (Å²) in [6, 6.07) is 13.2. The first-order valence-corrected chi connectivity index (χ1v) is 9.58. The predicted octanol–water partition coefficient (Wildman–Crippen LogP) is 4.18. The van der Waals surface area contributed by atoms with Gasteiger partial charge in [-0.05, 0) is 83.5 Å². The molecule has 0 aromatic heterocycles. The zero-order chi connectivity index (χ0) is 18.5. The molecule has 2 aromatic rings. The van der Waals surface area contributed by atoms with Gasteiger partial charge in [-0.1, -0.05) is 0 Å². The van der Waals surface area contributed by atoms with Gasteiger partial charge in [0.15, 0.2) is 5.11 Å². The molecule has 0 saturated carbocycles. The Morgan fingerprint density at radius 3 is 2.46 bits per heavy atom. The fourth-order valence-electron chi connectivity index (χ4n) is 2.88. The van der Waals surface area contributed by atoms with Crippen molar-refractivity contribution in [1.29, 1.82) is 0 Å². The standard InChI is InChI=1S/C19H20BrN3O2S/c1-25-17-9-4-13(12-16(17)20)18(24)22-19(26)21-14-5-7-15(8-6-14)23-10-2-3-11-23/h4-9,12H,2-3,10-11H2,1H3,(H2,21,22,24,26). The minimum atomic E-state index is -0.278. The number of hydrogen-bond acceptors (Lipinski definition) is 4. The summed E-state index contributed by atoms with van der Waals surface area (Å²) >= 11 is 8.62. The Labute approximate surface area is 166 Å². The van der Waals surface area contributed by atoms with Crippen LogP contribution in [0.4, 0.5) is 11.4 Å². The topological polar surface area (TPSA) is 53.6 Å². The molecule has 1 aliphatic rings.